The Kier molecular flexibility index (Phi) is 8.76. The highest BCUT2D eigenvalue weighted by molar-refractivity contribution is 5.95. The molecule has 0 fully saturated rings. The van der Waals surface area contributed by atoms with Gasteiger partial charge in [-0.25, -0.2) is 15.0 Å². The maximum absolute atomic E-state index is 6.22. The van der Waals surface area contributed by atoms with Gasteiger partial charge in [0.05, 0.1) is 11.2 Å². The van der Waals surface area contributed by atoms with E-state index in [4.69, 9.17) is 19.7 Å². The van der Waals surface area contributed by atoms with E-state index in [1.807, 2.05) is 30.3 Å². The molecule has 274 valence electrons. The maximum atomic E-state index is 6.22. The van der Waals surface area contributed by atoms with Gasteiger partial charge in [-0.2, -0.15) is 0 Å². The number of hydrogen-bond acceptors (Lipinski definition) is 4. The summed E-state index contributed by atoms with van der Waals surface area (Å²) in [6.45, 7) is 4.48. The van der Waals surface area contributed by atoms with Crippen molar-refractivity contribution >= 4 is 28.1 Å². The summed E-state index contributed by atoms with van der Waals surface area (Å²) >= 11 is 0. The zero-order chi connectivity index (χ0) is 38.3. The average molecular weight is 737 g/mol. The molecular weight excluding hydrogens is 697 g/mol. The largest absolute Gasteiger partial charge is 0.461 e. The molecule has 5 nitrogen and oxygen atoms in total. The fraction of sp³-hybridized carbons (Fsp3) is 0.0962. The van der Waals surface area contributed by atoms with Crippen LogP contribution >= 0.6 is 0 Å². The Hall–Kier alpha value is -7.11. The van der Waals surface area contributed by atoms with Gasteiger partial charge >= 0.3 is 0 Å². The first-order valence-electron chi connectivity index (χ1n) is 19.7. The number of allylic oxidation sites excluding steroid dienone is 5. The first-order valence-corrected chi connectivity index (χ1v) is 19.7. The Bertz CT molecular complexity index is 2900. The Morgan fingerprint density at radius 3 is 2.16 bits per heavy atom. The lowest BCUT2D eigenvalue weighted by Gasteiger charge is -2.18. The molecule has 0 spiro atoms. The monoisotopic (exact) mass is 736 g/mol. The Labute approximate surface area is 333 Å². The Balaban J connectivity index is 1.11. The van der Waals surface area contributed by atoms with Crippen molar-refractivity contribution in [2.75, 3.05) is 0 Å². The number of fused-ring (bicyclic) bond motifs is 4. The van der Waals surface area contributed by atoms with Gasteiger partial charge < -0.3 is 9.30 Å². The zero-order valence-electron chi connectivity index (χ0n) is 31.9. The second kappa shape index (κ2) is 14.5. The second-order valence-corrected chi connectivity index (χ2v) is 14.7. The van der Waals surface area contributed by atoms with Crippen molar-refractivity contribution in [3.05, 3.63) is 204 Å². The molecule has 3 heterocycles. The van der Waals surface area contributed by atoms with E-state index >= 15 is 0 Å². The second-order valence-electron chi connectivity index (χ2n) is 14.7. The van der Waals surface area contributed by atoms with E-state index in [9.17, 15) is 0 Å². The molecule has 1 aliphatic heterocycles. The summed E-state index contributed by atoms with van der Waals surface area (Å²) in [6, 6.07) is 55.2. The van der Waals surface area contributed by atoms with Crippen LogP contribution < -0.4 is 4.74 Å². The van der Waals surface area contributed by atoms with Crippen LogP contribution in [0.5, 0.6) is 5.75 Å². The first kappa shape index (κ1) is 34.4. The fourth-order valence-electron chi connectivity index (χ4n) is 8.47. The minimum atomic E-state index is 0.134. The molecule has 0 radical (unpaired) electrons. The molecule has 0 saturated carbocycles. The molecule has 0 bridgehead atoms. The Morgan fingerprint density at radius 1 is 0.667 bits per heavy atom. The van der Waals surface area contributed by atoms with Crippen LogP contribution in [0.2, 0.25) is 0 Å². The molecule has 1 aliphatic carbocycles. The highest BCUT2D eigenvalue weighted by Gasteiger charge is 2.33. The number of rotatable bonds is 8. The zero-order valence-corrected chi connectivity index (χ0v) is 31.9. The summed E-state index contributed by atoms with van der Waals surface area (Å²) in [4.78, 5) is 15.4. The number of aryl methyl sites for hydroxylation is 1. The van der Waals surface area contributed by atoms with E-state index in [0.29, 0.717) is 17.5 Å². The summed E-state index contributed by atoms with van der Waals surface area (Å²) in [5.41, 5.74) is 13.7. The minimum Gasteiger partial charge on any atom is -0.461 e. The molecule has 2 aliphatic rings. The molecule has 2 aromatic heterocycles. The molecule has 1 atom stereocenters. The van der Waals surface area contributed by atoms with Crippen LogP contribution in [0, 0.1) is 0 Å². The van der Waals surface area contributed by atoms with E-state index in [-0.39, 0.29) is 5.92 Å². The molecule has 0 amide bonds. The lowest BCUT2D eigenvalue weighted by atomic mass is 9.87. The Morgan fingerprint density at radius 2 is 1.33 bits per heavy atom. The predicted molar refractivity (Wildman–Crippen MR) is 233 cm³/mol. The topological polar surface area (TPSA) is 52.8 Å². The van der Waals surface area contributed by atoms with Crippen molar-refractivity contribution in [2.45, 2.75) is 32.6 Å². The molecule has 1 unspecified atom stereocenters. The van der Waals surface area contributed by atoms with Crippen molar-refractivity contribution < 1.29 is 4.74 Å². The molecule has 8 aromatic rings. The average Bonchev–Trinajstić information content (AvgIpc) is 3.81. The number of aromatic nitrogens is 4. The van der Waals surface area contributed by atoms with Gasteiger partial charge in [0, 0.05) is 33.7 Å². The van der Waals surface area contributed by atoms with Gasteiger partial charge in [-0.1, -0.05) is 146 Å². The molecule has 5 heteroatoms. The number of para-hydroxylation sites is 2. The van der Waals surface area contributed by atoms with Gasteiger partial charge in [0.1, 0.15) is 11.5 Å². The van der Waals surface area contributed by atoms with E-state index in [1.54, 1.807) is 0 Å². The fourth-order valence-corrected chi connectivity index (χ4v) is 8.47. The van der Waals surface area contributed by atoms with E-state index in [0.717, 1.165) is 52.3 Å². The van der Waals surface area contributed by atoms with Gasteiger partial charge in [-0.05, 0) is 89.6 Å². The third kappa shape index (κ3) is 6.27. The van der Waals surface area contributed by atoms with Gasteiger partial charge in [0.2, 0.25) is 0 Å². The van der Waals surface area contributed by atoms with Gasteiger partial charge in [-0.3, -0.25) is 0 Å². The SMILES string of the molecule is CCc1c(/C=C(\C)c2ccccc2-c2ccccc2)n(-c2cccc(-c3nc(C4=CC=C5Oc6ccccc6C5C4)nc(-c4ccccc4)n3)c2)c2ccccc12. The normalized spacial score (nSPS) is 14.8. The van der Waals surface area contributed by atoms with E-state index < -0.39 is 0 Å². The summed E-state index contributed by atoms with van der Waals surface area (Å²) in [5.74, 6) is 4.00. The van der Waals surface area contributed by atoms with Crippen molar-refractivity contribution in [3.63, 3.8) is 0 Å². The molecule has 6 aromatic carbocycles. The molecular formula is C52H40N4O. The third-order valence-corrected chi connectivity index (χ3v) is 11.2. The summed E-state index contributed by atoms with van der Waals surface area (Å²) in [6.07, 6.45) is 8.19. The number of benzene rings is 6. The first-order chi connectivity index (χ1) is 28.1. The van der Waals surface area contributed by atoms with Gasteiger partial charge in [0.15, 0.2) is 17.5 Å². The number of ether oxygens (including phenoxy) is 1. The van der Waals surface area contributed by atoms with E-state index in [2.05, 4.69) is 164 Å². The molecule has 0 N–H and O–H groups in total. The quantitative estimate of drug-likeness (QED) is 0.156. The van der Waals surface area contributed by atoms with Gasteiger partial charge in [-0.15, -0.1) is 0 Å². The summed E-state index contributed by atoms with van der Waals surface area (Å²) in [7, 11) is 0. The maximum Gasteiger partial charge on any atom is 0.164 e. The van der Waals surface area contributed by atoms with Crippen molar-refractivity contribution in [1.82, 2.24) is 19.5 Å². The highest BCUT2D eigenvalue weighted by atomic mass is 16.5. The van der Waals surface area contributed by atoms with E-state index in [1.165, 1.54) is 44.5 Å². The highest BCUT2D eigenvalue weighted by Crippen LogP contribution is 2.47. The number of nitrogens with zero attached hydrogens (tertiary/aromatic N) is 4. The van der Waals surface area contributed by atoms with Gasteiger partial charge in [0.25, 0.3) is 0 Å². The summed E-state index contributed by atoms with van der Waals surface area (Å²) in [5, 5.41) is 1.25. The van der Waals surface area contributed by atoms with Crippen LogP contribution in [0.1, 0.15) is 54.4 Å². The minimum absolute atomic E-state index is 0.134. The lowest BCUT2D eigenvalue weighted by molar-refractivity contribution is 0.426. The van der Waals surface area contributed by atoms with Crippen LogP contribution in [0.25, 0.3) is 67.7 Å². The van der Waals surface area contributed by atoms with Crippen molar-refractivity contribution in [3.8, 4) is 45.3 Å². The summed E-state index contributed by atoms with van der Waals surface area (Å²) < 4.78 is 8.62. The molecule has 10 rings (SSSR count). The standard InChI is InChI=1S/C52H40N4O/c1-3-40-43-25-12-14-27-46(43)56(47(40)31-34(2)41-23-10-11-24-42(41)35-17-6-4-7-18-35)39-22-16-21-37(32-39)51-53-50(36-19-8-5-9-20-36)54-52(55-51)38-29-30-49-45(33-38)44-26-13-15-28-48(44)57-49/h4-32,45H,3,33H2,1-2H3/b34-31+. The predicted octanol–water partition coefficient (Wildman–Crippen LogP) is 12.8. The molecule has 0 saturated heterocycles. The third-order valence-electron chi connectivity index (χ3n) is 11.2. The van der Waals surface area contributed by atoms with Crippen LogP contribution in [0.3, 0.4) is 0 Å². The van der Waals surface area contributed by atoms with Crippen LogP contribution in [-0.2, 0) is 6.42 Å². The smallest absolute Gasteiger partial charge is 0.164 e. The van der Waals surface area contributed by atoms with Crippen molar-refractivity contribution in [1.29, 1.82) is 0 Å². The van der Waals surface area contributed by atoms with Crippen LogP contribution in [0.4, 0.5) is 0 Å². The lowest BCUT2D eigenvalue weighted by Crippen LogP contribution is -2.09. The van der Waals surface area contributed by atoms with Crippen LogP contribution in [0.15, 0.2) is 176 Å². The van der Waals surface area contributed by atoms with Crippen LogP contribution in [-0.4, -0.2) is 19.5 Å². The molecule has 57 heavy (non-hydrogen) atoms. The number of hydrogen-bond donors (Lipinski definition) is 0. The van der Waals surface area contributed by atoms with Crippen molar-refractivity contribution in [2.24, 2.45) is 0 Å².